The summed E-state index contributed by atoms with van der Waals surface area (Å²) in [5, 5.41) is 1.14. The van der Waals surface area contributed by atoms with E-state index in [4.69, 9.17) is 28.2 Å². The zero-order valence-electron chi connectivity index (χ0n) is 11.0. The van der Waals surface area contributed by atoms with Crippen LogP contribution in [0.1, 0.15) is 37.3 Å². The molecule has 0 aliphatic heterocycles. The molecule has 0 unspecified atom stereocenters. The van der Waals surface area contributed by atoms with Crippen molar-refractivity contribution in [2.75, 3.05) is 0 Å². The highest BCUT2D eigenvalue weighted by atomic mass is 127. The fourth-order valence-corrected chi connectivity index (χ4v) is 4.12. The van der Waals surface area contributed by atoms with Gasteiger partial charge in [0.05, 0.1) is 14.3 Å². The largest absolute Gasteiger partial charge is 0.232 e. The van der Waals surface area contributed by atoms with Gasteiger partial charge in [-0.05, 0) is 53.6 Å². The third-order valence-electron chi connectivity index (χ3n) is 3.75. The molecule has 0 bridgehead atoms. The Hall–Kier alpha value is 0.0900. The van der Waals surface area contributed by atoms with Crippen molar-refractivity contribution in [2.45, 2.75) is 31.6 Å². The first kappa shape index (κ1) is 16.0. The monoisotopic (exact) mass is 496 g/mol. The van der Waals surface area contributed by atoms with Gasteiger partial charge in [-0.25, -0.2) is 9.97 Å². The van der Waals surface area contributed by atoms with Gasteiger partial charge >= 0.3 is 0 Å². The fourth-order valence-electron chi connectivity index (χ4n) is 2.69. The van der Waals surface area contributed by atoms with Gasteiger partial charge in [0, 0.05) is 16.0 Å². The summed E-state index contributed by atoms with van der Waals surface area (Å²) < 4.78 is 1.92. The average Bonchev–Trinajstić information content (AvgIpc) is 2.98. The molecule has 110 valence electrons. The van der Waals surface area contributed by atoms with Crippen molar-refractivity contribution in [3.8, 4) is 11.4 Å². The van der Waals surface area contributed by atoms with Crippen molar-refractivity contribution in [2.24, 2.45) is 0 Å². The average molecular weight is 498 g/mol. The molecule has 0 amide bonds. The zero-order valence-corrected chi connectivity index (χ0v) is 16.3. The zero-order chi connectivity index (χ0) is 15.0. The molecule has 2 aromatic rings. The van der Waals surface area contributed by atoms with Crippen molar-refractivity contribution >= 4 is 61.7 Å². The molecular weight excluding hydrogens is 486 g/mol. The van der Waals surface area contributed by atoms with E-state index < -0.39 is 0 Å². The molecule has 1 aromatic carbocycles. The van der Waals surface area contributed by atoms with E-state index in [0.717, 1.165) is 19.3 Å². The molecule has 2 nitrogen and oxygen atoms in total. The van der Waals surface area contributed by atoms with Gasteiger partial charge in [0.2, 0.25) is 0 Å². The van der Waals surface area contributed by atoms with E-state index in [9.17, 15) is 0 Å². The van der Waals surface area contributed by atoms with Crippen molar-refractivity contribution in [1.82, 2.24) is 9.97 Å². The van der Waals surface area contributed by atoms with E-state index in [1.807, 2.05) is 18.2 Å². The number of hydrogen-bond donors (Lipinski definition) is 0. The Morgan fingerprint density at radius 2 is 1.86 bits per heavy atom. The maximum Gasteiger partial charge on any atom is 0.162 e. The summed E-state index contributed by atoms with van der Waals surface area (Å²) in [6.45, 7) is 0. The Kier molecular flexibility index (Phi) is 5.08. The molecule has 0 saturated heterocycles. The minimum atomic E-state index is 0.488. The van der Waals surface area contributed by atoms with Gasteiger partial charge < -0.3 is 0 Å². The maximum absolute atomic E-state index is 6.33. The quantitative estimate of drug-likeness (QED) is 0.351. The number of rotatable bonds is 2. The van der Waals surface area contributed by atoms with Gasteiger partial charge in [-0.3, -0.25) is 0 Å². The number of aromatic nitrogens is 2. The molecule has 0 N–H and O–H groups in total. The maximum atomic E-state index is 6.33. The van der Waals surface area contributed by atoms with Crippen LogP contribution in [0, 0.1) is 3.57 Å². The van der Waals surface area contributed by atoms with Crippen molar-refractivity contribution in [3.63, 3.8) is 0 Å². The molecule has 0 atom stereocenters. The lowest BCUT2D eigenvalue weighted by molar-refractivity contribution is 0.690. The molecule has 0 radical (unpaired) electrons. The SMILES string of the molecule is Clc1ccc(Br)cc1-c1nc(Cl)c(I)c(C2CCCC2)n1. The molecule has 3 rings (SSSR count). The van der Waals surface area contributed by atoms with Crippen molar-refractivity contribution in [3.05, 3.63) is 42.1 Å². The smallest absolute Gasteiger partial charge is 0.162 e. The highest BCUT2D eigenvalue weighted by Gasteiger charge is 2.24. The van der Waals surface area contributed by atoms with Crippen LogP contribution in [-0.2, 0) is 0 Å². The predicted octanol–water partition coefficient (Wildman–Crippen LogP) is 6.48. The Bertz CT molecular complexity index is 688. The van der Waals surface area contributed by atoms with Crippen LogP contribution in [0.3, 0.4) is 0 Å². The molecule has 1 heterocycles. The van der Waals surface area contributed by atoms with E-state index in [0.29, 0.717) is 21.9 Å². The summed E-state index contributed by atoms with van der Waals surface area (Å²) >= 11 is 18.3. The van der Waals surface area contributed by atoms with E-state index in [1.54, 1.807) is 0 Å². The van der Waals surface area contributed by atoms with Crippen molar-refractivity contribution < 1.29 is 0 Å². The second-order valence-electron chi connectivity index (χ2n) is 5.14. The topological polar surface area (TPSA) is 25.8 Å². The van der Waals surface area contributed by atoms with Gasteiger partial charge in [-0.2, -0.15) is 0 Å². The lowest BCUT2D eigenvalue weighted by Gasteiger charge is -2.14. The summed E-state index contributed by atoms with van der Waals surface area (Å²) in [7, 11) is 0. The van der Waals surface area contributed by atoms with Crippen LogP contribution in [0.4, 0.5) is 0 Å². The van der Waals surface area contributed by atoms with Crippen LogP contribution >= 0.6 is 61.7 Å². The Labute approximate surface area is 155 Å². The molecule has 1 aliphatic carbocycles. The fraction of sp³-hybridized carbons (Fsp3) is 0.333. The molecule has 1 fully saturated rings. The highest BCUT2D eigenvalue weighted by molar-refractivity contribution is 14.1. The van der Waals surface area contributed by atoms with Crippen LogP contribution in [0.25, 0.3) is 11.4 Å². The van der Waals surface area contributed by atoms with Crippen LogP contribution in [0.5, 0.6) is 0 Å². The van der Waals surface area contributed by atoms with Crippen LogP contribution in [-0.4, -0.2) is 9.97 Å². The summed E-state index contributed by atoms with van der Waals surface area (Å²) in [5.74, 6) is 1.09. The number of hydrogen-bond acceptors (Lipinski definition) is 2. The summed E-state index contributed by atoms with van der Waals surface area (Å²) in [4.78, 5) is 9.20. The lowest BCUT2D eigenvalue weighted by atomic mass is 10.0. The highest BCUT2D eigenvalue weighted by Crippen LogP contribution is 2.38. The second-order valence-corrected chi connectivity index (χ2v) is 7.90. The number of benzene rings is 1. The third kappa shape index (κ3) is 3.38. The normalized spacial score (nSPS) is 15.6. The third-order valence-corrected chi connectivity index (χ3v) is 6.23. The Morgan fingerprint density at radius 3 is 2.57 bits per heavy atom. The van der Waals surface area contributed by atoms with Gasteiger partial charge in [0.1, 0.15) is 5.15 Å². The predicted molar refractivity (Wildman–Crippen MR) is 99.1 cm³/mol. The minimum Gasteiger partial charge on any atom is -0.232 e. The van der Waals surface area contributed by atoms with Crippen LogP contribution < -0.4 is 0 Å². The minimum absolute atomic E-state index is 0.488. The number of nitrogens with zero attached hydrogens (tertiary/aromatic N) is 2. The van der Waals surface area contributed by atoms with E-state index in [1.165, 1.54) is 25.7 Å². The van der Waals surface area contributed by atoms with Crippen LogP contribution in [0.15, 0.2) is 22.7 Å². The van der Waals surface area contributed by atoms with Crippen molar-refractivity contribution in [1.29, 1.82) is 0 Å². The van der Waals surface area contributed by atoms with Gasteiger partial charge in [0.15, 0.2) is 5.82 Å². The summed E-state index contributed by atoms with van der Waals surface area (Å²) in [5.41, 5.74) is 1.88. The first-order chi connectivity index (χ1) is 10.1. The Balaban J connectivity index is 2.13. The van der Waals surface area contributed by atoms with Gasteiger partial charge in [-0.1, -0.05) is 52.0 Å². The first-order valence-corrected chi connectivity index (χ1v) is 9.37. The van der Waals surface area contributed by atoms with E-state index in [2.05, 4.69) is 43.5 Å². The molecule has 1 aliphatic rings. The first-order valence-electron chi connectivity index (χ1n) is 6.74. The molecule has 1 aromatic heterocycles. The summed E-state index contributed by atoms with van der Waals surface area (Å²) in [6, 6.07) is 5.67. The molecule has 6 heteroatoms. The molecular formula is C15H12BrCl2IN2. The molecule has 21 heavy (non-hydrogen) atoms. The standard InChI is InChI=1S/C15H12BrCl2IN2/c16-9-5-6-11(17)10(7-9)15-20-13(8-3-1-2-4-8)12(19)14(18)21-15/h5-8H,1-4H2. The van der Waals surface area contributed by atoms with E-state index in [-0.39, 0.29) is 0 Å². The van der Waals surface area contributed by atoms with Crippen LogP contribution in [0.2, 0.25) is 10.2 Å². The molecule has 0 spiro atoms. The second kappa shape index (κ2) is 6.69. The summed E-state index contributed by atoms with van der Waals surface area (Å²) in [6.07, 6.45) is 4.87. The van der Waals surface area contributed by atoms with Gasteiger partial charge in [0.25, 0.3) is 0 Å². The molecule has 1 saturated carbocycles. The number of halogens is 4. The van der Waals surface area contributed by atoms with Gasteiger partial charge in [-0.15, -0.1) is 0 Å². The Morgan fingerprint density at radius 1 is 1.14 bits per heavy atom. The van der Waals surface area contributed by atoms with E-state index >= 15 is 0 Å². The lowest BCUT2D eigenvalue weighted by Crippen LogP contribution is -2.05.